The molecule has 1 amide bonds. The van der Waals surface area contributed by atoms with E-state index in [-0.39, 0.29) is 24.6 Å². The van der Waals surface area contributed by atoms with Gasteiger partial charge in [-0.15, -0.1) is 0 Å². The average Bonchev–Trinajstić information content (AvgIpc) is 3.21. The lowest BCUT2D eigenvalue weighted by Crippen LogP contribution is -2.46. The molecule has 9 nitrogen and oxygen atoms in total. The van der Waals surface area contributed by atoms with E-state index in [1.807, 2.05) is 0 Å². The third-order valence-electron chi connectivity index (χ3n) is 4.77. The van der Waals surface area contributed by atoms with E-state index in [1.54, 1.807) is 19.0 Å². The van der Waals surface area contributed by atoms with Gasteiger partial charge >= 0.3 is 0 Å². The maximum Gasteiger partial charge on any atom is 0.243 e. The Kier molecular flexibility index (Phi) is 10.6. The topological polar surface area (TPSA) is 87.7 Å². The number of guanidine groups is 1. The zero-order chi connectivity index (χ0) is 20.2. The summed E-state index contributed by atoms with van der Waals surface area (Å²) in [5.41, 5.74) is 0. The summed E-state index contributed by atoms with van der Waals surface area (Å²) in [5, 5.41) is 6.68. The highest BCUT2D eigenvalue weighted by molar-refractivity contribution is 5.84. The summed E-state index contributed by atoms with van der Waals surface area (Å²) in [6.07, 6.45) is 2.14. The number of hydrogen-bond donors (Lipinski definition) is 2. The Morgan fingerprint density at radius 1 is 1.29 bits per heavy atom. The second-order valence-electron chi connectivity index (χ2n) is 7.55. The first kappa shape index (κ1) is 22.9. The fraction of sp³-hybridized carbons (Fsp3) is 0.895. The van der Waals surface area contributed by atoms with Gasteiger partial charge < -0.3 is 29.7 Å². The summed E-state index contributed by atoms with van der Waals surface area (Å²) in [7, 11) is 3.47. The summed E-state index contributed by atoms with van der Waals surface area (Å²) in [5.74, 6) is 0.623. The van der Waals surface area contributed by atoms with E-state index < -0.39 is 0 Å². The van der Waals surface area contributed by atoms with Gasteiger partial charge in [0, 0.05) is 46.4 Å². The normalized spacial score (nSPS) is 22.1. The van der Waals surface area contributed by atoms with E-state index in [0.29, 0.717) is 19.2 Å². The maximum absolute atomic E-state index is 11.9. The number of ether oxygens (including phenoxy) is 3. The van der Waals surface area contributed by atoms with Gasteiger partial charge in [-0.2, -0.15) is 0 Å². The van der Waals surface area contributed by atoms with Crippen LogP contribution < -0.4 is 10.6 Å². The molecule has 0 radical (unpaired) electrons. The van der Waals surface area contributed by atoms with E-state index in [2.05, 4.69) is 27.4 Å². The smallest absolute Gasteiger partial charge is 0.243 e. The van der Waals surface area contributed by atoms with Crippen molar-refractivity contribution in [2.45, 2.75) is 31.9 Å². The Morgan fingerprint density at radius 3 is 2.75 bits per heavy atom. The van der Waals surface area contributed by atoms with E-state index in [9.17, 15) is 4.79 Å². The summed E-state index contributed by atoms with van der Waals surface area (Å²) >= 11 is 0. The van der Waals surface area contributed by atoms with Crippen LogP contribution in [0, 0.1) is 0 Å². The quantitative estimate of drug-likeness (QED) is 0.292. The number of aliphatic imine (C=N–C) groups is 1. The molecule has 0 aliphatic carbocycles. The fourth-order valence-corrected chi connectivity index (χ4v) is 2.97. The van der Waals surface area contributed by atoms with Crippen molar-refractivity contribution in [1.29, 1.82) is 0 Å². The minimum atomic E-state index is -0.0265. The largest absolute Gasteiger partial charge is 0.379 e. The zero-order valence-electron chi connectivity index (χ0n) is 17.6. The number of carbonyl (C=O) groups excluding carboxylic acids is 1. The van der Waals surface area contributed by atoms with Crippen LogP contribution in [0.5, 0.6) is 0 Å². The van der Waals surface area contributed by atoms with Gasteiger partial charge in [-0.25, -0.2) is 4.99 Å². The number of nitrogens with zero attached hydrogens (tertiary/aromatic N) is 3. The molecular weight excluding hydrogens is 362 g/mol. The van der Waals surface area contributed by atoms with Crippen LogP contribution in [-0.4, -0.2) is 114 Å². The van der Waals surface area contributed by atoms with Crippen LogP contribution in [0.3, 0.4) is 0 Å². The monoisotopic (exact) mass is 399 g/mol. The lowest BCUT2D eigenvalue weighted by Gasteiger charge is -2.26. The number of nitrogens with one attached hydrogen (secondary N) is 2. The molecule has 0 aromatic rings. The molecule has 2 fully saturated rings. The number of likely N-dealkylation sites (N-methyl/N-ethyl adjacent to an activating group) is 1. The maximum atomic E-state index is 11.9. The summed E-state index contributed by atoms with van der Waals surface area (Å²) in [6, 6.07) is 0.0838. The van der Waals surface area contributed by atoms with Crippen molar-refractivity contribution in [3.63, 3.8) is 0 Å². The van der Waals surface area contributed by atoms with Gasteiger partial charge in [0.1, 0.15) is 6.54 Å². The number of hydrogen-bond acceptors (Lipinski definition) is 6. The lowest BCUT2D eigenvalue weighted by atomic mass is 10.3. The SMILES string of the molecule is CC(COC1CCOC1)NC(=NCC(=O)N(C)C)NCCCN1CCOCC1. The van der Waals surface area contributed by atoms with Crippen LogP contribution in [0.4, 0.5) is 0 Å². The van der Waals surface area contributed by atoms with Gasteiger partial charge in [0.2, 0.25) is 5.91 Å². The molecule has 2 saturated heterocycles. The summed E-state index contributed by atoms with van der Waals surface area (Å²) in [6.45, 7) is 9.64. The van der Waals surface area contributed by atoms with Gasteiger partial charge in [-0.1, -0.05) is 0 Å². The van der Waals surface area contributed by atoms with Crippen molar-refractivity contribution < 1.29 is 19.0 Å². The molecule has 0 bridgehead atoms. The highest BCUT2D eigenvalue weighted by Crippen LogP contribution is 2.08. The van der Waals surface area contributed by atoms with Crippen molar-refractivity contribution in [3.05, 3.63) is 0 Å². The molecule has 2 rings (SSSR count). The molecule has 28 heavy (non-hydrogen) atoms. The van der Waals surface area contributed by atoms with Crippen molar-refractivity contribution >= 4 is 11.9 Å². The Labute approximate surface area is 168 Å². The first-order valence-corrected chi connectivity index (χ1v) is 10.3. The Morgan fingerprint density at radius 2 is 2.07 bits per heavy atom. The zero-order valence-corrected chi connectivity index (χ0v) is 17.6. The number of carbonyl (C=O) groups is 1. The fourth-order valence-electron chi connectivity index (χ4n) is 2.97. The molecular formula is C19H37N5O4. The third-order valence-corrected chi connectivity index (χ3v) is 4.77. The van der Waals surface area contributed by atoms with Crippen molar-refractivity contribution in [3.8, 4) is 0 Å². The van der Waals surface area contributed by atoms with Gasteiger partial charge in [-0.3, -0.25) is 9.69 Å². The molecule has 0 spiro atoms. The Bertz CT molecular complexity index is 477. The lowest BCUT2D eigenvalue weighted by molar-refractivity contribution is -0.127. The van der Waals surface area contributed by atoms with Crippen LogP contribution in [0.25, 0.3) is 0 Å². The molecule has 0 saturated carbocycles. The van der Waals surface area contributed by atoms with Crippen molar-refractivity contribution in [2.75, 3.05) is 79.9 Å². The van der Waals surface area contributed by atoms with E-state index in [1.165, 1.54) is 0 Å². The number of rotatable bonds is 10. The molecule has 2 heterocycles. The first-order chi connectivity index (χ1) is 13.5. The Hall–Kier alpha value is -1.42. The molecule has 9 heteroatoms. The predicted molar refractivity (Wildman–Crippen MR) is 109 cm³/mol. The predicted octanol–water partition coefficient (Wildman–Crippen LogP) is -0.474. The first-order valence-electron chi connectivity index (χ1n) is 10.3. The van der Waals surface area contributed by atoms with Crippen molar-refractivity contribution in [1.82, 2.24) is 20.4 Å². The number of morpholine rings is 1. The molecule has 162 valence electrons. The minimum absolute atomic E-state index is 0.0265. The third kappa shape index (κ3) is 9.18. The molecule has 2 N–H and O–H groups in total. The van der Waals surface area contributed by atoms with Crippen LogP contribution in [0.2, 0.25) is 0 Å². The molecule has 0 aromatic heterocycles. The second kappa shape index (κ2) is 12.9. The molecule has 2 aliphatic heterocycles. The number of amides is 1. The van der Waals surface area contributed by atoms with Crippen LogP contribution in [-0.2, 0) is 19.0 Å². The molecule has 2 atom stereocenters. The van der Waals surface area contributed by atoms with Crippen LogP contribution in [0.15, 0.2) is 4.99 Å². The summed E-state index contributed by atoms with van der Waals surface area (Å²) in [4.78, 5) is 20.3. The van der Waals surface area contributed by atoms with Gasteiger partial charge in [0.05, 0.1) is 32.5 Å². The molecule has 2 aliphatic rings. The van der Waals surface area contributed by atoms with Crippen LogP contribution in [0.1, 0.15) is 19.8 Å². The highest BCUT2D eigenvalue weighted by Gasteiger charge is 2.17. The second-order valence-corrected chi connectivity index (χ2v) is 7.55. The Balaban J connectivity index is 1.74. The standard InChI is InChI=1S/C19H37N5O4/c1-16(14-28-17-5-10-27-15-17)22-19(21-13-18(25)23(2)3)20-6-4-7-24-8-11-26-12-9-24/h16-17H,4-15H2,1-3H3,(H2,20,21,22). The highest BCUT2D eigenvalue weighted by atomic mass is 16.5. The molecule has 2 unspecified atom stereocenters. The van der Waals surface area contributed by atoms with Crippen molar-refractivity contribution in [2.24, 2.45) is 4.99 Å². The van der Waals surface area contributed by atoms with E-state index >= 15 is 0 Å². The molecule has 0 aromatic carbocycles. The minimum Gasteiger partial charge on any atom is -0.379 e. The van der Waals surface area contributed by atoms with E-state index in [0.717, 1.165) is 58.8 Å². The van der Waals surface area contributed by atoms with E-state index in [4.69, 9.17) is 14.2 Å². The average molecular weight is 400 g/mol. The van der Waals surface area contributed by atoms with Gasteiger partial charge in [-0.05, 0) is 26.3 Å². The van der Waals surface area contributed by atoms with Gasteiger partial charge in [0.15, 0.2) is 5.96 Å². The summed E-state index contributed by atoms with van der Waals surface area (Å²) < 4.78 is 16.6. The van der Waals surface area contributed by atoms with Crippen LogP contribution >= 0.6 is 0 Å². The van der Waals surface area contributed by atoms with Gasteiger partial charge in [0.25, 0.3) is 0 Å².